The summed E-state index contributed by atoms with van der Waals surface area (Å²) in [7, 11) is 0. The third-order valence-electron chi connectivity index (χ3n) is 1.89. The molecule has 5 heteroatoms. The van der Waals surface area contributed by atoms with Crippen molar-refractivity contribution in [3.8, 4) is 11.3 Å². The highest BCUT2D eigenvalue weighted by molar-refractivity contribution is 6.43. The van der Waals surface area contributed by atoms with Crippen molar-refractivity contribution in [2.75, 3.05) is 0 Å². The van der Waals surface area contributed by atoms with Gasteiger partial charge in [-0.2, -0.15) is 0 Å². The monoisotopic (exact) mass is 242 g/mol. The highest BCUT2D eigenvalue weighted by Crippen LogP contribution is 2.33. The molecular weight excluding hydrogens is 238 g/mol. The van der Waals surface area contributed by atoms with Crippen LogP contribution in [-0.4, -0.2) is 9.97 Å². The first-order chi connectivity index (χ1) is 7.20. The second-order valence-electron chi connectivity index (χ2n) is 2.82. The molecule has 0 unspecified atom stereocenters. The number of hydrogen-bond donors (Lipinski definition) is 0. The van der Waals surface area contributed by atoms with E-state index in [1.807, 2.05) is 0 Å². The van der Waals surface area contributed by atoms with Gasteiger partial charge in [0, 0.05) is 11.8 Å². The van der Waals surface area contributed by atoms with Gasteiger partial charge in [0.1, 0.15) is 12.1 Å². The van der Waals surface area contributed by atoms with Gasteiger partial charge in [0.25, 0.3) is 0 Å². The first kappa shape index (κ1) is 10.3. The molecule has 0 bridgehead atoms. The fourth-order valence-electron chi connectivity index (χ4n) is 1.17. The number of halogens is 3. The van der Waals surface area contributed by atoms with Gasteiger partial charge in [-0.25, -0.2) is 14.4 Å². The van der Waals surface area contributed by atoms with Gasteiger partial charge in [0.2, 0.25) is 0 Å². The lowest BCUT2D eigenvalue weighted by Crippen LogP contribution is -1.87. The third kappa shape index (κ3) is 1.94. The summed E-state index contributed by atoms with van der Waals surface area (Å²) in [5, 5.41) is 0.0724. The van der Waals surface area contributed by atoms with Crippen LogP contribution in [0.1, 0.15) is 0 Å². The van der Waals surface area contributed by atoms with E-state index in [4.69, 9.17) is 23.2 Å². The van der Waals surface area contributed by atoms with Crippen LogP contribution >= 0.6 is 23.2 Å². The average molecular weight is 243 g/mol. The lowest BCUT2D eigenvalue weighted by molar-refractivity contribution is 0.628. The Morgan fingerprint density at radius 1 is 1.07 bits per heavy atom. The summed E-state index contributed by atoms with van der Waals surface area (Å²) < 4.78 is 13.0. The standard InChI is InChI=1S/C10H5Cl2FN2/c11-9-6(1-2-7(13)10(9)12)8-3-4-14-5-15-8/h1-5H. The first-order valence-electron chi connectivity index (χ1n) is 4.10. The fraction of sp³-hybridized carbons (Fsp3) is 0. The zero-order chi connectivity index (χ0) is 10.8. The van der Waals surface area contributed by atoms with Crippen LogP contribution < -0.4 is 0 Å². The van der Waals surface area contributed by atoms with Gasteiger partial charge in [-0.1, -0.05) is 23.2 Å². The van der Waals surface area contributed by atoms with Crippen LogP contribution in [0.25, 0.3) is 11.3 Å². The number of benzene rings is 1. The second kappa shape index (κ2) is 4.13. The Bertz CT molecular complexity index is 488. The summed E-state index contributed by atoms with van der Waals surface area (Å²) in [6, 6.07) is 4.47. The van der Waals surface area contributed by atoms with Gasteiger partial charge in [0.15, 0.2) is 0 Å². The van der Waals surface area contributed by atoms with Crippen LogP contribution in [0.3, 0.4) is 0 Å². The normalized spacial score (nSPS) is 10.3. The first-order valence-corrected chi connectivity index (χ1v) is 4.85. The maximum absolute atomic E-state index is 13.0. The van der Waals surface area contributed by atoms with Crippen molar-refractivity contribution in [1.29, 1.82) is 0 Å². The third-order valence-corrected chi connectivity index (χ3v) is 2.75. The van der Waals surface area contributed by atoms with E-state index in [0.29, 0.717) is 11.3 Å². The van der Waals surface area contributed by atoms with Crippen LogP contribution in [0, 0.1) is 5.82 Å². The fourth-order valence-corrected chi connectivity index (χ4v) is 1.59. The van der Waals surface area contributed by atoms with Crippen LogP contribution in [0.15, 0.2) is 30.7 Å². The minimum atomic E-state index is -0.542. The molecule has 2 aromatic rings. The molecule has 0 spiro atoms. The Hall–Kier alpha value is -1.19. The molecule has 0 aliphatic heterocycles. The van der Waals surface area contributed by atoms with Gasteiger partial charge < -0.3 is 0 Å². The molecule has 0 saturated heterocycles. The van der Waals surface area contributed by atoms with E-state index in [2.05, 4.69) is 9.97 Å². The van der Waals surface area contributed by atoms with E-state index >= 15 is 0 Å². The molecule has 0 aliphatic carbocycles. The predicted octanol–water partition coefficient (Wildman–Crippen LogP) is 3.59. The van der Waals surface area contributed by atoms with Crippen LogP contribution in [0.5, 0.6) is 0 Å². The van der Waals surface area contributed by atoms with Crippen molar-refractivity contribution in [1.82, 2.24) is 9.97 Å². The van der Waals surface area contributed by atoms with E-state index < -0.39 is 5.82 Å². The minimum Gasteiger partial charge on any atom is -0.245 e. The van der Waals surface area contributed by atoms with Gasteiger partial charge in [-0.05, 0) is 18.2 Å². The summed E-state index contributed by atoms with van der Waals surface area (Å²) in [4.78, 5) is 7.78. The lowest BCUT2D eigenvalue weighted by atomic mass is 10.1. The molecule has 0 N–H and O–H groups in total. The number of rotatable bonds is 1. The van der Waals surface area contributed by atoms with Crippen molar-refractivity contribution in [3.05, 3.63) is 46.6 Å². The zero-order valence-electron chi connectivity index (χ0n) is 7.42. The predicted molar refractivity (Wildman–Crippen MR) is 57.4 cm³/mol. The minimum absolute atomic E-state index is 0.0900. The molecular formula is C10H5Cl2FN2. The van der Waals surface area contributed by atoms with Gasteiger partial charge in [-0.3, -0.25) is 0 Å². The Morgan fingerprint density at radius 2 is 1.87 bits per heavy atom. The molecule has 1 aromatic carbocycles. The molecule has 76 valence electrons. The summed E-state index contributed by atoms with van der Waals surface area (Å²) in [5.41, 5.74) is 1.20. The van der Waals surface area contributed by atoms with Crippen LogP contribution in [0.4, 0.5) is 4.39 Å². The zero-order valence-corrected chi connectivity index (χ0v) is 8.93. The Morgan fingerprint density at radius 3 is 2.53 bits per heavy atom. The van der Waals surface area contributed by atoms with Gasteiger partial charge in [0.05, 0.1) is 15.7 Å². The molecule has 0 amide bonds. The molecule has 0 atom stereocenters. The Labute approximate surface area is 95.7 Å². The van der Waals surface area contributed by atoms with Crippen molar-refractivity contribution < 1.29 is 4.39 Å². The van der Waals surface area contributed by atoms with Gasteiger partial charge >= 0.3 is 0 Å². The summed E-state index contributed by atoms with van der Waals surface area (Å²) in [5.74, 6) is -0.542. The van der Waals surface area contributed by atoms with Gasteiger partial charge in [-0.15, -0.1) is 0 Å². The molecule has 0 fully saturated rings. The Balaban J connectivity index is 2.60. The molecule has 0 radical (unpaired) electrons. The van der Waals surface area contributed by atoms with Crippen molar-refractivity contribution in [2.45, 2.75) is 0 Å². The lowest BCUT2D eigenvalue weighted by Gasteiger charge is -2.05. The summed E-state index contributed by atoms with van der Waals surface area (Å²) in [6.45, 7) is 0. The van der Waals surface area contributed by atoms with Crippen molar-refractivity contribution in [3.63, 3.8) is 0 Å². The SMILES string of the molecule is Fc1ccc(-c2ccncn2)c(Cl)c1Cl. The molecule has 1 heterocycles. The second-order valence-corrected chi connectivity index (χ2v) is 3.57. The van der Waals surface area contributed by atoms with Crippen LogP contribution in [0.2, 0.25) is 10.0 Å². The van der Waals surface area contributed by atoms with E-state index in [0.717, 1.165) is 0 Å². The maximum atomic E-state index is 13.0. The Kier molecular flexibility index (Phi) is 2.84. The number of aromatic nitrogens is 2. The number of nitrogens with zero attached hydrogens (tertiary/aromatic N) is 2. The summed E-state index contributed by atoms with van der Waals surface area (Å²) >= 11 is 11.6. The highest BCUT2D eigenvalue weighted by Gasteiger charge is 2.11. The molecule has 1 aromatic heterocycles. The highest BCUT2D eigenvalue weighted by atomic mass is 35.5. The molecule has 15 heavy (non-hydrogen) atoms. The van der Waals surface area contributed by atoms with E-state index in [-0.39, 0.29) is 10.0 Å². The maximum Gasteiger partial charge on any atom is 0.143 e. The van der Waals surface area contributed by atoms with E-state index in [9.17, 15) is 4.39 Å². The summed E-state index contributed by atoms with van der Waals surface area (Å²) in [6.07, 6.45) is 2.97. The topological polar surface area (TPSA) is 25.8 Å². The molecule has 2 rings (SSSR count). The number of hydrogen-bond acceptors (Lipinski definition) is 2. The smallest absolute Gasteiger partial charge is 0.143 e. The van der Waals surface area contributed by atoms with E-state index in [1.165, 1.54) is 18.5 Å². The molecule has 2 nitrogen and oxygen atoms in total. The molecule has 0 saturated carbocycles. The average Bonchev–Trinajstić information content (AvgIpc) is 2.27. The van der Waals surface area contributed by atoms with Crippen molar-refractivity contribution in [2.24, 2.45) is 0 Å². The molecule has 0 aliphatic rings. The van der Waals surface area contributed by atoms with E-state index in [1.54, 1.807) is 12.3 Å². The van der Waals surface area contributed by atoms with Crippen molar-refractivity contribution >= 4 is 23.2 Å². The van der Waals surface area contributed by atoms with Crippen LogP contribution in [-0.2, 0) is 0 Å². The quantitative estimate of drug-likeness (QED) is 0.715. The largest absolute Gasteiger partial charge is 0.245 e.